The van der Waals surface area contributed by atoms with Crippen LogP contribution in [0.2, 0.25) is 0 Å². The molecule has 0 bridgehead atoms. The first kappa shape index (κ1) is 20.2. The summed E-state index contributed by atoms with van der Waals surface area (Å²) in [4.78, 5) is 27.5. The molecule has 0 saturated heterocycles. The fourth-order valence-corrected chi connectivity index (χ4v) is 4.33. The number of carbonyl (C=O) groups is 2. The van der Waals surface area contributed by atoms with Crippen LogP contribution in [0.15, 0.2) is 65.2 Å². The van der Waals surface area contributed by atoms with E-state index in [4.69, 9.17) is 4.74 Å². The van der Waals surface area contributed by atoms with E-state index in [-0.39, 0.29) is 29.5 Å². The zero-order chi connectivity index (χ0) is 20.3. The van der Waals surface area contributed by atoms with Crippen LogP contribution in [-0.4, -0.2) is 31.2 Å². The Bertz CT molecular complexity index is 933. The molecule has 2 aromatic carbocycles. The largest absolute Gasteiger partial charge is 0.457 e. The molecule has 28 heavy (non-hydrogen) atoms. The Morgan fingerprint density at radius 3 is 2.50 bits per heavy atom. The van der Waals surface area contributed by atoms with Gasteiger partial charge in [-0.05, 0) is 30.2 Å². The maximum Gasteiger partial charge on any atom is 0.316 e. The highest BCUT2D eigenvalue weighted by atomic mass is 32.2. The van der Waals surface area contributed by atoms with Crippen LogP contribution >= 0.6 is 11.8 Å². The molecule has 0 amide bonds. The molecule has 0 aromatic heterocycles. The summed E-state index contributed by atoms with van der Waals surface area (Å²) in [5, 5.41) is 0. The summed E-state index contributed by atoms with van der Waals surface area (Å²) in [5.74, 6) is -0.412. The molecule has 4 nitrogen and oxygen atoms in total. The van der Waals surface area contributed by atoms with Crippen molar-refractivity contribution in [3.8, 4) is 0 Å². The van der Waals surface area contributed by atoms with Crippen molar-refractivity contribution in [1.82, 2.24) is 0 Å². The van der Waals surface area contributed by atoms with Gasteiger partial charge in [-0.3, -0.25) is 9.59 Å². The summed E-state index contributed by atoms with van der Waals surface area (Å²) in [5.41, 5.74) is 4.03. The molecule has 0 radical (unpaired) electrons. The minimum absolute atomic E-state index is 0.186. The molecule has 0 atom stereocenters. The molecule has 0 saturated carbocycles. The molecule has 1 aliphatic heterocycles. The lowest BCUT2D eigenvalue weighted by molar-refractivity contribution is -0.144. The summed E-state index contributed by atoms with van der Waals surface area (Å²) < 4.78 is 5.18. The van der Waals surface area contributed by atoms with E-state index < -0.39 is 0 Å². The van der Waals surface area contributed by atoms with Crippen molar-refractivity contribution in [3.63, 3.8) is 0 Å². The zero-order valence-electron chi connectivity index (χ0n) is 16.7. The van der Waals surface area contributed by atoms with E-state index in [9.17, 15) is 9.59 Å². The minimum atomic E-state index is -0.387. The SMILES string of the molecule is Cc1ccccc1SCC(=O)OCC(=O)C=C1N(C)c2ccccc2C1(C)C. The summed E-state index contributed by atoms with van der Waals surface area (Å²) in [6, 6.07) is 16.0. The topological polar surface area (TPSA) is 46.6 Å². The van der Waals surface area contributed by atoms with E-state index in [1.165, 1.54) is 17.3 Å². The van der Waals surface area contributed by atoms with Crippen molar-refractivity contribution in [2.24, 2.45) is 0 Å². The van der Waals surface area contributed by atoms with Gasteiger partial charge in [-0.15, -0.1) is 11.8 Å². The predicted molar refractivity (Wildman–Crippen MR) is 114 cm³/mol. The summed E-state index contributed by atoms with van der Waals surface area (Å²) >= 11 is 1.42. The number of likely N-dealkylation sites (N-methyl/N-ethyl adjacent to an activating group) is 1. The zero-order valence-corrected chi connectivity index (χ0v) is 17.5. The fraction of sp³-hybridized carbons (Fsp3) is 0.304. The Kier molecular flexibility index (Phi) is 5.94. The number of fused-ring (bicyclic) bond motifs is 1. The Morgan fingerprint density at radius 2 is 1.79 bits per heavy atom. The third kappa shape index (κ3) is 4.14. The number of ether oxygens (including phenoxy) is 1. The molecular formula is C23H25NO3S. The van der Waals surface area contributed by atoms with E-state index in [0.717, 1.165) is 21.8 Å². The van der Waals surface area contributed by atoms with Crippen LogP contribution < -0.4 is 4.90 Å². The number of para-hydroxylation sites is 1. The van der Waals surface area contributed by atoms with Crippen molar-refractivity contribution in [2.75, 3.05) is 24.3 Å². The van der Waals surface area contributed by atoms with Gasteiger partial charge in [0.05, 0.1) is 5.75 Å². The first-order valence-corrected chi connectivity index (χ1v) is 10.2. The predicted octanol–water partition coefficient (Wildman–Crippen LogP) is 4.51. The Hall–Kier alpha value is -2.53. The van der Waals surface area contributed by atoms with Gasteiger partial charge in [0.1, 0.15) is 0 Å². The van der Waals surface area contributed by atoms with Gasteiger partial charge < -0.3 is 9.64 Å². The molecular weight excluding hydrogens is 370 g/mol. The van der Waals surface area contributed by atoms with Gasteiger partial charge in [-0.25, -0.2) is 0 Å². The van der Waals surface area contributed by atoms with E-state index in [1.807, 2.05) is 61.3 Å². The smallest absolute Gasteiger partial charge is 0.316 e. The maximum absolute atomic E-state index is 12.4. The highest BCUT2D eigenvalue weighted by Crippen LogP contribution is 2.46. The second-order valence-corrected chi connectivity index (χ2v) is 8.43. The van der Waals surface area contributed by atoms with Crippen LogP contribution in [0.1, 0.15) is 25.0 Å². The lowest BCUT2D eigenvalue weighted by Crippen LogP contribution is -2.25. The average Bonchev–Trinajstić information content (AvgIpc) is 2.87. The average molecular weight is 396 g/mol. The fourth-order valence-electron chi connectivity index (χ4n) is 3.50. The Morgan fingerprint density at radius 1 is 1.11 bits per heavy atom. The van der Waals surface area contributed by atoms with Crippen molar-refractivity contribution in [2.45, 2.75) is 31.1 Å². The van der Waals surface area contributed by atoms with Gasteiger partial charge >= 0.3 is 5.97 Å². The van der Waals surface area contributed by atoms with Gasteiger partial charge in [0.25, 0.3) is 0 Å². The number of rotatable bonds is 6. The monoisotopic (exact) mass is 395 g/mol. The molecule has 0 aliphatic carbocycles. The van der Waals surface area contributed by atoms with E-state index in [0.29, 0.717) is 0 Å². The molecule has 0 N–H and O–H groups in total. The number of aryl methyl sites for hydroxylation is 1. The third-order valence-corrected chi connectivity index (χ3v) is 6.20. The number of nitrogens with zero attached hydrogens (tertiary/aromatic N) is 1. The third-order valence-electron chi connectivity index (χ3n) is 5.05. The normalized spacial score (nSPS) is 16.1. The van der Waals surface area contributed by atoms with Gasteiger partial charge in [-0.2, -0.15) is 0 Å². The van der Waals surface area contributed by atoms with Crippen LogP contribution in [0.4, 0.5) is 5.69 Å². The van der Waals surface area contributed by atoms with E-state index >= 15 is 0 Å². The second-order valence-electron chi connectivity index (χ2n) is 7.41. The molecule has 146 valence electrons. The molecule has 0 unspecified atom stereocenters. The van der Waals surface area contributed by atoms with Crippen molar-refractivity contribution < 1.29 is 14.3 Å². The number of thioether (sulfide) groups is 1. The van der Waals surface area contributed by atoms with Crippen LogP contribution in [0, 0.1) is 6.92 Å². The number of ketones is 1. The molecule has 1 aliphatic rings. The molecule has 5 heteroatoms. The lowest BCUT2D eigenvalue weighted by Gasteiger charge is -2.23. The highest BCUT2D eigenvalue weighted by molar-refractivity contribution is 8.00. The van der Waals surface area contributed by atoms with Crippen LogP contribution in [0.5, 0.6) is 0 Å². The second kappa shape index (κ2) is 8.23. The molecule has 3 rings (SSSR count). The molecule has 1 heterocycles. The molecule has 0 spiro atoms. The van der Waals surface area contributed by atoms with Crippen molar-refractivity contribution in [3.05, 3.63) is 71.4 Å². The summed E-state index contributed by atoms with van der Waals surface area (Å²) in [7, 11) is 1.96. The van der Waals surface area contributed by atoms with Gasteiger partial charge in [-0.1, -0.05) is 50.2 Å². The Labute approximate surface area is 170 Å². The summed E-state index contributed by atoms with van der Waals surface area (Å²) in [6.45, 7) is 5.96. The minimum Gasteiger partial charge on any atom is -0.457 e. The van der Waals surface area contributed by atoms with E-state index in [2.05, 4.69) is 19.9 Å². The lowest BCUT2D eigenvalue weighted by atomic mass is 9.83. The molecule has 2 aromatic rings. The Balaban J connectivity index is 1.58. The van der Waals surface area contributed by atoms with Crippen LogP contribution in [0.3, 0.4) is 0 Å². The van der Waals surface area contributed by atoms with Crippen molar-refractivity contribution in [1.29, 1.82) is 0 Å². The number of anilines is 1. The highest BCUT2D eigenvalue weighted by Gasteiger charge is 2.38. The summed E-state index contributed by atoms with van der Waals surface area (Å²) in [6.07, 6.45) is 1.60. The number of hydrogen-bond donors (Lipinski definition) is 0. The van der Waals surface area contributed by atoms with E-state index in [1.54, 1.807) is 6.08 Å². The van der Waals surface area contributed by atoms with Crippen LogP contribution in [0.25, 0.3) is 0 Å². The number of benzene rings is 2. The number of esters is 1. The first-order valence-electron chi connectivity index (χ1n) is 9.23. The molecule has 0 fully saturated rings. The van der Waals surface area contributed by atoms with Crippen molar-refractivity contribution >= 4 is 29.2 Å². The first-order chi connectivity index (χ1) is 13.3. The number of hydrogen-bond acceptors (Lipinski definition) is 5. The number of carbonyl (C=O) groups excluding carboxylic acids is 2. The van der Waals surface area contributed by atoms with Gasteiger partial charge in [0.2, 0.25) is 0 Å². The van der Waals surface area contributed by atoms with Crippen LogP contribution in [-0.2, 0) is 19.7 Å². The van der Waals surface area contributed by atoms with Gasteiger partial charge in [0, 0.05) is 34.8 Å². The quantitative estimate of drug-likeness (QED) is 0.409. The standard InChI is InChI=1S/C23H25NO3S/c1-16-9-5-8-12-20(16)28-15-22(26)27-14-17(25)13-21-23(2,3)18-10-6-7-11-19(18)24(21)4/h5-13H,14-15H2,1-4H3. The van der Waals surface area contributed by atoms with Gasteiger partial charge in [0.15, 0.2) is 12.4 Å². The maximum atomic E-state index is 12.4. The number of allylic oxidation sites excluding steroid dienone is 1.